The van der Waals surface area contributed by atoms with Gasteiger partial charge in [0, 0.05) is 4.47 Å². The van der Waals surface area contributed by atoms with E-state index < -0.39 is 5.82 Å². The monoisotopic (exact) mass is 335 g/mol. The molecule has 0 N–H and O–H groups in total. The van der Waals surface area contributed by atoms with Crippen LogP contribution < -0.4 is 4.74 Å². The molecule has 0 atom stereocenters. The molecular formula is C10H4BrClFNO2S. The van der Waals surface area contributed by atoms with Gasteiger partial charge in [-0.15, -0.1) is 0 Å². The first kappa shape index (κ1) is 12.5. The van der Waals surface area contributed by atoms with Gasteiger partial charge in [0.15, 0.2) is 23.0 Å². The van der Waals surface area contributed by atoms with Crippen LogP contribution in [0.5, 0.6) is 10.9 Å². The van der Waals surface area contributed by atoms with Crippen molar-refractivity contribution < 1.29 is 13.9 Å². The number of carbonyl (C=O) groups is 1. The maximum atomic E-state index is 13.4. The highest BCUT2D eigenvalue weighted by molar-refractivity contribution is 9.10. The highest BCUT2D eigenvalue weighted by atomic mass is 79.9. The maximum absolute atomic E-state index is 13.4. The smallest absolute Gasteiger partial charge is 0.280 e. The van der Waals surface area contributed by atoms with Gasteiger partial charge in [-0.2, -0.15) is 4.98 Å². The fourth-order valence-electron chi connectivity index (χ4n) is 1.06. The molecule has 1 heterocycles. The molecule has 0 saturated carbocycles. The van der Waals surface area contributed by atoms with Crippen LogP contribution in [0.4, 0.5) is 4.39 Å². The molecule has 88 valence electrons. The van der Waals surface area contributed by atoms with E-state index in [9.17, 15) is 9.18 Å². The lowest BCUT2D eigenvalue weighted by molar-refractivity contribution is 0.112. The van der Waals surface area contributed by atoms with Crippen LogP contribution in [0.3, 0.4) is 0 Å². The minimum atomic E-state index is -0.521. The van der Waals surface area contributed by atoms with E-state index in [1.807, 2.05) is 0 Å². The van der Waals surface area contributed by atoms with E-state index >= 15 is 0 Å². The van der Waals surface area contributed by atoms with Crippen molar-refractivity contribution in [2.75, 3.05) is 0 Å². The fraction of sp³-hybridized carbons (Fsp3) is 0. The Morgan fingerprint density at radius 2 is 2.29 bits per heavy atom. The van der Waals surface area contributed by atoms with Crippen molar-refractivity contribution in [3.8, 4) is 10.9 Å². The second kappa shape index (κ2) is 5.12. The van der Waals surface area contributed by atoms with Gasteiger partial charge in [0.1, 0.15) is 4.88 Å². The third-order valence-electron chi connectivity index (χ3n) is 1.79. The SMILES string of the molecule is O=Cc1sc(Oc2cc(Br)ccc2F)nc1Cl. The quantitative estimate of drug-likeness (QED) is 0.784. The van der Waals surface area contributed by atoms with Crippen LogP contribution in [0, 0.1) is 5.82 Å². The molecule has 0 aliphatic heterocycles. The number of halogens is 3. The van der Waals surface area contributed by atoms with E-state index in [0.29, 0.717) is 10.8 Å². The lowest BCUT2D eigenvalue weighted by atomic mass is 10.3. The summed E-state index contributed by atoms with van der Waals surface area (Å²) in [7, 11) is 0. The highest BCUT2D eigenvalue weighted by Crippen LogP contribution is 2.33. The molecule has 0 saturated heterocycles. The molecule has 0 bridgehead atoms. The number of aldehydes is 1. The van der Waals surface area contributed by atoms with E-state index in [0.717, 1.165) is 11.3 Å². The lowest BCUT2D eigenvalue weighted by Gasteiger charge is -2.02. The standard InChI is InChI=1S/C10H4BrClFNO2S/c11-5-1-2-6(13)7(3-5)16-10-14-9(12)8(4-15)17-10/h1-4H. The second-order valence-electron chi connectivity index (χ2n) is 2.93. The summed E-state index contributed by atoms with van der Waals surface area (Å²) in [6.45, 7) is 0. The number of hydrogen-bond donors (Lipinski definition) is 0. The minimum Gasteiger partial charge on any atom is -0.428 e. The van der Waals surface area contributed by atoms with Crippen LogP contribution >= 0.6 is 38.9 Å². The third kappa shape index (κ3) is 2.83. The molecule has 0 amide bonds. The van der Waals surface area contributed by atoms with Gasteiger partial charge in [-0.05, 0) is 18.2 Å². The van der Waals surface area contributed by atoms with Gasteiger partial charge in [0.2, 0.25) is 0 Å². The van der Waals surface area contributed by atoms with Gasteiger partial charge in [0.05, 0.1) is 0 Å². The van der Waals surface area contributed by atoms with Crippen LogP contribution in [-0.4, -0.2) is 11.3 Å². The Hall–Kier alpha value is -0.980. The van der Waals surface area contributed by atoms with Gasteiger partial charge in [-0.1, -0.05) is 38.9 Å². The van der Waals surface area contributed by atoms with Gasteiger partial charge in [-0.25, -0.2) is 4.39 Å². The molecule has 2 rings (SSSR count). The van der Waals surface area contributed by atoms with Crippen molar-refractivity contribution in [2.45, 2.75) is 0 Å². The van der Waals surface area contributed by atoms with E-state index in [4.69, 9.17) is 16.3 Å². The summed E-state index contributed by atoms with van der Waals surface area (Å²) >= 11 is 9.82. The first-order valence-corrected chi connectivity index (χ1v) is 6.33. The summed E-state index contributed by atoms with van der Waals surface area (Å²) in [6, 6.07) is 4.27. The molecule has 2 aromatic rings. The van der Waals surface area contributed by atoms with Crippen LogP contribution in [0.1, 0.15) is 9.67 Å². The normalized spacial score (nSPS) is 10.3. The summed E-state index contributed by atoms with van der Waals surface area (Å²) in [5.74, 6) is -0.505. The summed E-state index contributed by atoms with van der Waals surface area (Å²) in [5.41, 5.74) is 0. The molecule has 3 nitrogen and oxygen atoms in total. The van der Waals surface area contributed by atoms with Crippen LogP contribution in [0.2, 0.25) is 5.15 Å². The van der Waals surface area contributed by atoms with Crippen molar-refractivity contribution in [3.05, 3.63) is 38.5 Å². The topological polar surface area (TPSA) is 39.2 Å². The molecule has 7 heteroatoms. The van der Waals surface area contributed by atoms with Crippen LogP contribution in [-0.2, 0) is 0 Å². The average Bonchev–Trinajstić information content (AvgIpc) is 2.64. The van der Waals surface area contributed by atoms with E-state index in [2.05, 4.69) is 20.9 Å². The summed E-state index contributed by atoms with van der Waals surface area (Å²) < 4.78 is 19.3. The predicted octanol–water partition coefficient (Wildman–Crippen LogP) is 4.30. The Labute approximate surface area is 113 Å². The van der Waals surface area contributed by atoms with Gasteiger partial charge >= 0.3 is 0 Å². The largest absolute Gasteiger partial charge is 0.428 e. The second-order valence-corrected chi connectivity index (χ2v) is 5.20. The number of nitrogens with zero attached hydrogens (tertiary/aromatic N) is 1. The van der Waals surface area contributed by atoms with Gasteiger partial charge < -0.3 is 4.74 Å². The molecule has 0 fully saturated rings. The average molecular weight is 337 g/mol. The fourth-order valence-corrected chi connectivity index (χ4v) is 2.32. The molecule has 0 aliphatic rings. The number of carbonyl (C=O) groups excluding carboxylic acids is 1. The van der Waals surface area contributed by atoms with E-state index in [1.54, 1.807) is 6.07 Å². The highest BCUT2D eigenvalue weighted by Gasteiger charge is 2.12. The Morgan fingerprint density at radius 3 is 2.94 bits per heavy atom. The number of thiazole rings is 1. The zero-order valence-corrected chi connectivity index (χ0v) is 11.3. The summed E-state index contributed by atoms with van der Waals surface area (Å²) in [5, 5.41) is 0.171. The molecular weight excluding hydrogens is 333 g/mol. The Bertz CT molecular complexity index is 575. The molecule has 17 heavy (non-hydrogen) atoms. The Balaban J connectivity index is 2.30. The maximum Gasteiger partial charge on any atom is 0.280 e. The Morgan fingerprint density at radius 1 is 1.53 bits per heavy atom. The van der Waals surface area contributed by atoms with Gasteiger partial charge in [0.25, 0.3) is 5.19 Å². The van der Waals surface area contributed by atoms with Crippen molar-refractivity contribution in [3.63, 3.8) is 0 Å². The number of benzene rings is 1. The van der Waals surface area contributed by atoms with E-state index in [1.165, 1.54) is 12.1 Å². The third-order valence-corrected chi connectivity index (χ3v) is 3.54. The molecule has 0 aliphatic carbocycles. The van der Waals surface area contributed by atoms with Gasteiger partial charge in [-0.3, -0.25) is 4.79 Å². The number of aromatic nitrogens is 1. The number of hydrogen-bond acceptors (Lipinski definition) is 4. The van der Waals surface area contributed by atoms with Crippen molar-refractivity contribution >= 4 is 45.2 Å². The summed E-state index contributed by atoms with van der Waals surface area (Å²) in [6.07, 6.45) is 0.574. The Kier molecular flexibility index (Phi) is 3.76. The zero-order valence-electron chi connectivity index (χ0n) is 8.12. The molecule has 0 unspecified atom stereocenters. The van der Waals surface area contributed by atoms with Crippen molar-refractivity contribution in [2.24, 2.45) is 0 Å². The van der Waals surface area contributed by atoms with Crippen molar-refractivity contribution in [1.82, 2.24) is 4.98 Å². The molecule has 0 spiro atoms. The summed E-state index contributed by atoms with van der Waals surface area (Å²) in [4.78, 5) is 14.6. The molecule has 1 aromatic heterocycles. The van der Waals surface area contributed by atoms with Crippen molar-refractivity contribution in [1.29, 1.82) is 0 Å². The number of ether oxygens (including phenoxy) is 1. The van der Waals surface area contributed by atoms with Crippen LogP contribution in [0.25, 0.3) is 0 Å². The van der Waals surface area contributed by atoms with Crippen LogP contribution in [0.15, 0.2) is 22.7 Å². The first-order valence-electron chi connectivity index (χ1n) is 4.34. The number of rotatable bonds is 3. The molecule has 0 radical (unpaired) electrons. The lowest BCUT2D eigenvalue weighted by Crippen LogP contribution is -1.87. The first-order chi connectivity index (χ1) is 8.10. The van der Waals surface area contributed by atoms with E-state index in [-0.39, 0.29) is 21.0 Å². The predicted molar refractivity (Wildman–Crippen MR) is 66.7 cm³/mol. The minimum absolute atomic E-state index is 0.0160. The molecule has 1 aromatic carbocycles. The zero-order chi connectivity index (χ0) is 12.4.